The van der Waals surface area contributed by atoms with Crippen LogP contribution in [-0.4, -0.2) is 32.0 Å². The number of sulfone groups is 1. The second kappa shape index (κ2) is 4.20. The Morgan fingerprint density at radius 2 is 2.09 bits per heavy atom. The first-order valence-corrected chi connectivity index (χ1v) is 5.09. The normalized spacial score (nSPS) is 12.2. The lowest BCUT2D eigenvalue weighted by Crippen LogP contribution is -2.30. The molecule has 0 rings (SSSR count). The maximum atomic E-state index is 10.6. The fourth-order valence-corrected chi connectivity index (χ4v) is 0.999. The number of nitrogens with zero attached hydrogens (tertiary/aromatic N) is 1. The molecule has 0 saturated heterocycles. The van der Waals surface area contributed by atoms with Crippen molar-refractivity contribution >= 4 is 9.84 Å². The van der Waals surface area contributed by atoms with Gasteiger partial charge in [-0.25, -0.2) is 14.3 Å². The van der Waals surface area contributed by atoms with Gasteiger partial charge in [-0.15, -0.1) is 0 Å². The zero-order chi connectivity index (χ0) is 8.91. The molecule has 0 unspecified atom stereocenters. The minimum atomic E-state index is -2.93. The number of hydrazine groups is 1. The third-order valence-electron chi connectivity index (χ3n) is 0.998. The van der Waals surface area contributed by atoms with E-state index in [2.05, 4.69) is 0 Å². The Labute approximate surface area is 66.5 Å². The summed E-state index contributed by atoms with van der Waals surface area (Å²) >= 11 is 0. The van der Waals surface area contributed by atoms with Gasteiger partial charge >= 0.3 is 0 Å². The molecule has 0 saturated carbocycles. The van der Waals surface area contributed by atoms with Gasteiger partial charge in [0, 0.05) is 25.2 Å². The lowest BCUT2D eigenvalue weighted by Gasteiger charge is -2.11. The summed E-state index contributed by atoms with van der Waals surface area (Å²) in [7, 11) is -2.93. The van der Waals surface area contributed by atoms with Gasteiger partial charge in [0.25, 0.3) is 0 Å². The van der Waals surface area contributed by atoms with Crippen LogP contribution in [0.15, 0.2) is 12.4 Å². The summed E-state index contributed by atoms with van der Waals surface area (Å²) in [4.78, 5) is 0. The molecule has 0 bridgehead atoms. The fraction of sp³-hybridized carbons (Fsp3) is 0.600. The van der Waals surface area contributed by atoms with E-state index in [9.17, 15) is 8.42 Å². The van der Waals surface area contributed by atoms with Crippen molar-refractivity contribution < 1.29 is 8.42 Å². The van der Waals surface area contributed by atoms with Crippen molar-refractivity contribution in [3.05, 3.63) is 12.4 Å². The molecular formula is C5H13N3O2S. The molecule has 0 radical (unpaired) electrons. The van der Waals surface area contributed by atoms with Gasteiger partial charge in [0.05, 0.1) is 5.75 Å². The van der Waals surface area contributed by atoms with Crippen LogP contribution < -0.4 is 11.6 Å². The van der Waals surface area contributed by atoms with Gasteiger partial charge in [-0.3, -0.25) is 0 Å². The molecule has 0 heterocycles. The second-order valence-corrected chi connectivity index (χ2v) is 4.47. The highest BCUT2D eigenvalue weighted by atomic mass is 32.2. The van der Waals surface area contributed by atoms with Gasteiger partial charge in [0.15, 0.2) is 0 Å². The molecule has 0 spiro atoms. The predicted molar refractivity (Wildman–Crippen MR) is 43.9 cm³/mol. The molecule has 11 heavy (non-hydrogen) atoms. The van der Waals surface area contributed by atoms with Gasteiger partial charge in [-0.05, 0) is 0 Å². The van der Waals surface area contributed by atoms with Crippen LogP contribution in [0.1, 0.15) is 0 Å². The van der Waals surface area contributed by atoms with E-state index in [1.165, 1.54) is 17.4 Å². The fourth-order valence-electron chi connectivity index (χ4n) is 0.456. The van der Waals surface area contributed by atoms with Crippen LogP contribution in [0.4, 0.5) is 0 Å². The second-order valence-electron chi connectivity index (χ2n) is 2.21. The first kappa shape index (κ1) is 10.2. The van der Waals surface area contributed by atoms with Crippen LogP contribution >= 0.6 is 0 Å². The summed E-state index contributed by atoms with van der Waals surface area (Å²) in [6.45, 7) is 0.256. The molecular weight excluding hydrogens is 166 g/mol. The van der Waals surface area contributed by atoms with Crippen LogP contribution in [0.2, 0.25) is 0 Å². The summed E-state index contributed by atoms with van der Waals surface area (Å²) in [5.74, 6) is 5.33. The molecule has 0 aromatic heterocycles. The van der Waals surface area contributed by atoms with Gasteiger partial charge < -0.3 is 10.7 Å². The molecule has 66 valence electrons. The highest BCUT2D eigenvalue weighted by Crippen LogP contribution is 1.84. The monoisotopic (exact) mass is 179 g/mol. The molecule has 6 heteroatoms. The lowest BCUT2D eigenvalue weighted by atomic mass is 10.7. The first-order chi connectivity index (χ1) is 4.95. The Morgan fingerprint density at radius 1 is 1.55 bits per heavy atom. The van der Waals surface area contributed by atoms with E-state index in [0.29, 0.717) is 0 Å². The van der Waals surface area contributed by atoms with E-state index < -0.39 is 9.84 Å². The molecule has 4 N–H and O–H groups in total. The Bertz CT molecular complexity index is 222. The standard InChI is InChI=1S/C5H13N3O2S/c1-11(9,10)5-4-8(7)3-2-6/h2-3H,4-7H2,1H3/b3-2-. The molecule has 0 aliphatic rings. The number of hydrogen-bond acceptors (Lipinski definition) is 5. The van der Waals surface area contributed by atoms with E-state index in [0.717, 1.165) is 6.26 Å². The smallest absolute Gasteiger partial charge is 0.149 e. The maximum Gasteiger partial charge on any atom is 0.149 e. The first-order valence-electron chi connectivity index (χ1n) is 3.03. The zero-order valence-electron chi connectivity index (χ0n) is 6.40. The third kappa shape index (κ3) is 7.14. The van der Waals surface area contributed by atoms with Crippen molar-refractivity contribution in [1.29, 1.82) is 0 Å². The maximum absolute atomic E-state index is 10.6. The van der Waals surface area contributed by atoms with Crippen LogP contribution in [-0.2, 0) is 9.84 Å². The Hall–Kier alpha value is -0.750. The summed E-state index contributed by atoms with van der Waals surface area (Å²) in [6.07, 6.45) is 3.82. The number of rotatable bonds is 4. The minimum absolute atomic E-state index is 0.0356. The van der Waals surface area contributed by atoms with E-state index in [1.54, 1.807) is 0 Å². The lowest BCUT2D eigenvalue weighted by molar-refractivity contribution is 0.415. The van der Waals surface area contributed by atoms with Crippen molar-refractivity contribution in [1.82, 2.24) is 5.01 Å². The van der Waals surface area contributed by atoms with Gasteiger partial charge in [0.2, 0.25) is 0 Å². The average molecular weight is 179 g/mol. The predicted octanol–water partition coefficient (Wildman–Crippen LogP) is -1.36. The molecule has 5 nitrogen and oxygen atoms in total. The largest absolute Gasteiger partial charge is 0.403 e. The van der Waals surface area contributed by atoms with Crippen LogP contribution in [0, 0.1) is 0 Å². The van der Waals surface area contributed by atoms with E-state index in [-0.39, 0.29) is 12.3 Å². The van der Waals surface area contributed by atoms with Crippen molar-refractivity contribution in [3.63, 3.8) is 0 Å². The van der Waals surface area contributed by atoms with E-state index in [1.807, 2.05) is 0 Å². The van der Waals surface area contributed by atoms with Crippen molar-refractivity contribution in [2.24, 2.45) is 11.6 Å². The molecule has 0 aliphatic heterocycles. The Morgan fingerprint density at radius 3 is 2.45 bits per heavy atom. The highest BCUT2D eigenvalue weighted by molar-refractivity contribution is 7.90. The summed E-state index contributed by atoms with van der Waals surface area (Å²) in [6, 6.07) is 0. The average Bonchev–Trinajstić information content (AvgIpc) is 1.83. The molecule has 0 aromatic rings. The minimum Gasteiger partial charge on any atom is -0.403 e. The number of hydrogen-bond donors (Lipinski definition) is 2. The summed E-state index contributed by atoms with van der Waals surface area (Å²) in [5, 5.41) is 1.22. The van der Waals surface area contributed by atoms with E-state index in [4.69, 9.17) is 11.6 Å². The third-order valence-corrected chi connectivity index (χ3v) is 1.92. The summed E-state index contributed by atoms with van der Waals surface area (Å²) < 4.78 is 21.2. The molecule has 0 aliphatic carbocycles. The van der Waals surface area contributed by atoms with Gasteiger partial charge in [-0.1, -0.05) is 0 Å². The zero-order valence-corrected chi connectivity index (χ0v) is 7.21. The van der Waals surface area contributed by atoms with Crippen LogP contribution in [0.5, 0.6) is 0 Å². The van der Waals surface area contributed by atoms with Gasteiger partial charge in [-0.2, -0.15) is 0 Å². The highest BCUT2D eigenvalue weighted by Gasteiger charge is 2.02. The van der Waals surface area contributed by atoms with Crippen LogP contribution in [0.3, 0.4) is 0 Å². The van der Waals surface area contributed by atoms with Gasteiger partial charge in [0.1, 0.15) is 9.84 Å². The molecule has 0 atom stereocenters. The van der Waals surface area contributed by atoms with E-state index >= 15 is 0 Å². The Kier molecular flexibility index (Phi) is 3.91. The Balaban J connectivity index is 3.72. The topological polar surface area (TPSA) is 89.4 Å². The molecule has 0 amide bonds. The van der Waals surface area contributed by atoms with Crippen LogP contribution in [0.25, 0.3) is 0 Å². The van der Waals surface area contributed by atoms with Crippen molar-refractivity contribution in [3.8, 4) is 0 Å². The summed E-state index contributed by atoms with van der Waals surface area (Å²) in [5.41, 5.74) is 5.02. The molecule has 0 aromatic carbocycles. The SMILES string of the molecule is CS(=O)(=O)CCN(N)/C=C\N. The number of nitrogens with two attached hydrogens (primary N) is 2. The van der Waals surface area contributed by atoms with Crippen molar-refractivity contribution in [2.45, 2.75) is 0 Å². The quantitative estimate of drug-likeness (QED) is 0.411. The molecule has 0 fully saturated rings. The van der Waals surface area contributed by atoms with Crippen molar-refractivity contribution in [2.75, 3.05) is 18.6 Å².